The van der Waals surface area contributed by atoms with Crippen molar-refractivity contribution in [3.05, 3.63) is 53.8 Å². The summed E-state index contributed by atoms with van der Waals surface area (Å²) in [6.07, 6.45) is 0. The molecule has 0 aliphatic heterocycles. The van der Waals surface area contributed by atoms with E-state index in [9.17, 15) is 9.18 Å². The number of nitrogens with one attached hydrogen (secondary N) is 1. The molecule has 2 aromatic rings. The van der Waals surface area contributed by atoms with E-state index in [1.165, 1.54) is 6.07 Å². The highest BCUT2D eigenvalue weighted by molar-refractivity contribution is 5.99. The third-order valence-electron chi connectivity index (χ3n) is 2.83. The highest BCUT2D eigenvalue weighted by Crippen LogP contribution is 2.21. The second-order valence-electron chi connectivity index (χ2n) is 4.37. The number of hydrogen-bond donors (Lipinski definition) is 3. The van der Waals surface area contributed by atoms with Crippen LogP contribution in [0.3, 0.4) is 0 Å². The maximum Gasteiger partial charge on any atom is 0.250 e. The van der Waals surface area contributed by atoms with Gasteiger partial charge in [-0.1, -0.05) is 18.2 Å². The van der Waals surface area contributed by atoms with Gasteiger partial charge in [0.15, 0.2) is 0 Å². The van der Waals surface area contributed by atoms with Gasteiger partial charge in [-0.2, -0.15) is 0 Å². The number of primary amides is 1. The predicted octanol–water partition coefficient (Wildman–Crippen LogP) is 2.00. The van der Waals surface area contributed by atoms with Crippen LogP contribution in [0, 0.1) is 5.82 Å². The maximum absolute atomic E-state index is 13.7. The van der Waals surface area contributed by atoms with Crippen LogP contribution >= 0.6 is 0 Å². The molecule has 1 amide bonds. The second kappa shape index (κ2) is 6.60. The van der Waals surface area contributed by atoms with Gasteiger partial charge in [0.25, 0.3) is 5.91 Å². The first-order valence-electron chi connectivity index (χ1n) is 6.38. The fourth-order valence-electron chi connectivity index (χ4n) is 1.81. The molecule has 110 valence electrons. The first-order valence-corrected chi connectivity index (χ1v) is 6.38. The third-order valence-corrected chi connectivity index (χ3v) is 2.83. The van der Waals surface area contributed by atoms with Crippen molar-refractivity contribution < 1.29 is 13.9 Å². The fraction of sp³-hybridized carbons (Fsp3) is 0.133. The van der Waals surface area contributed by atoms with E-state index >= 15 is 0 Å². The zero-order valence-corrected chi connectivity index (χ0v) is 11.3. The van der Waals surface area contributed by atoms with E-state index in [0.717, 1.165) is 11.8 Å². The largest absolute Gasteiger partial charge is 0.492 e. The molecule has 6 heteroatoms. The predicted molar refractivity (Wildman–Crippen MR) is 79.8 cm³/mol. The Labute approximate surface area is 121 Å². The molecule has 0 saturated heterocycles. The first-order chi connectivity index (χ1) is 10.1. The van der Waals surface area contributed by atoms with Crippen molar-refractivity contribution in [3.63, 3.8) is 0 Å². The molecule has 2 rings (SSSR count). The van der Waals surface area contributed by atoms with Gasteiger partial charge in [0.2, 0.25) is 0 Å². The number of carbonyl (C=O) groups excluding carboxylic acids is 1. The maximum atomic E-state index is 13.7. The molecule has 0 unspecified atom stereocenters. The van der Waals surface area contributed by atoms with E-state index in [-0.39, 0.29) is 16.9 Å². The number of halogens is 1. The van der Waals surface area contributed by atoms with Crippen molar-refractivity contribution in [3.8, 4) is 5.75 Å². The number of rotatable bonds is 6. The molecule has 0 aliphatic rings. The van der Waals surface area contributed by atoms with E-state index in [1.807, 2.05) is 30.3 Å². The van der Waals surface area contributed by atoms with Crippen LogP contribution < -0.4 is 21.5 Å². The van der Waals surface area contributed by atoms with E-state index in [0.29, 0.717) is 13.2 Å². The van der Waals surface area contributed by atoms with Crippen LogP contribution in [-0.2, 0) is 0 Å². The lowest BCUT2D eigenvalue weighted by Gasteiger charge is -2.11. The summed E-state index contributed by atoms with van der Waals surface area (Å²) in [5.41, 5.74) is 11.0. The Bertz CT molecular complexity index is 632. The Hall–Kier alpha value is -2.76. The highest BCUT2D eigenvalue weighted by atomic mass is 19.1. The molecule has 0 aliphatic carbocycles. The molecule has 0 fully saturated rings. The smallest absolute Gasteiger partial charge is 0.250 e. The van der Waals surface area contributed by atoms with Crippen molar-refractivity contribution in [2.24, 2.45) is 5.73 Å². The molecule has 0 saturated carbocycles. The minimum atomic E-state index is -0.698. The number of anilines is 2. The number of benzene rings is 2. The molecule has 0 bridgehead atoms. The van der Waals surface area contributed by atoms with Crippen LogP contribution in [0.15, 0.2) is 42.5 Å². The number of nitrogen functional groups attached to an aromatic ring is 1. The lowest BCUT2D eigenvalue weighted by atomic mass is 10.1. The highest BCUT2D eigenvalue weighted by Gasteiger charge is 2.11. The van der Waals surface area contributed by atoms with Gasteiger partial charge in [-0.05, 0) is 24.3 Å². The summed E-state index contributed by atoms with van der Waals surface area (Å²) in [5, 5.41) is 2.84. The van der Waals surface area contributed by atoms with Gasteiger partial charge in [-0.15, -0.1) is 0 Å². The standard InChI is InChI=1S/C15H16FN3O2/c16-12-9-13(17)11(15(18)20)8-14(12)19-6-7-21-10-4-2-1-3-5-10/h1-5,8-9,19H,6-7,17H2,(H2,18,20). The number of amides is 1. The summed E-state index contributed by atoms with van der Waals surface area (Å²) in [7, 11) is 0. The molecule has 0 atom stereocenters. The summed E-state index contributed by atoms with van der Waals surface area (Å²) in [6, 6.07) is 11.6. The number of hydrogen-bond acceptors (Lipinski definition) is 4. The van der Waals surface area contributed by atoms with Crippen LogP contribution in [-0.4, -0.2) is 19.1 Å². The van der Waals surface area contributed by atoms with Gasteiger partial charge >= 0.3 is 0 Å². The van der Waals surface area contributed by atoms with Crippen molar-refractivity contribution >= 4 is 17.3 Å². The van der Waals surface area contributed by atoms with Crippen molar-refractivity contribution in [1.82, 2.24) is 0 Å². The van der Waals surface area contributed by atoms with Crippen molar-refractivity contribution in [1.29, 1.82) is 0 Å². The summed E-state index contributed by atoms with van der Waals surface area (Å²) in [4.78, 5) is 11.2. The molecular formula is C15H16FN3O2. The van der Waals surface area contributed by atoms with E-state index < -0.39 is 11.7 Å². The van der Waals surface area contributed by atoms with Gasteiger partial charge in [0.05, 0.1) is 11.3 Å². The number of carbonyl (C=O) groups is 1. The molecule has 21 heavy (non-hydrogen) atoms. The first kappa shape index (κ1) is 14.6. The topological polar surface area (TPSA) is 90.4 Å². The lowest BCUT2D eigenvalue weighted by molar-refractivity contribution is 0.100. The molecular weight excluding hydrogens is 273 g/mol. The zero-order valence-electron chi connectivity index (χ0n) is 11.3. The van der Waals surface area contributed by atoms with Crippen LogP contribution in [0.5, 0.6) is 5.75 Å². The number of nitrogens with two attached hydrogens (primary N) is 2. The number of ether oxygens (including phenoxy) is 1. The molecule has 0 aromatic heterocycles. The van der Waals surface area contributed by atoms with E-state index in [2.05, 4.69) is 5.32 Å². The monoisotopic (exact) mass is 289 g/mol. The van der Waals surface area contributed by atoms with Crippen LogP contribution in [0.2, 0.25) is 0 Å². The van der Waals surface area contributed by atoms with Crippen LogP contribution in [0.4, 0.5) is 15.8 Å². The summed E-state index contributed by atoms with van der Waals surface area (Å²) in [6.45, 7) is 0.716. The minimum absolute atomic E-state index is 0.0195. The fourth-order valence-corrected chi connectivity index (χ4v) is 1.81. The van der Waals surface area contributed by atoms with Gasteiger partial charge in [-0.3, -0.25) is 4.79 Å². The second-order valence-corrected chi connectivity index (χ2v) is 4.37. The lowest BCUT2D eigenvalue weighted by Crippen LogP contribution is -2.16. The van der Waals surface area contributed by atoms with Gasteiger partial charge in [0.1, 0.15) is 18.2 Å². The summed E-state index contributed by atoms with van der Waals surface area (Å²) < 4.78 is 19.2. The summed E-state index contributed by atoms with van der Waals surface area (Å²) in [5.74, 6) is -0.511. The van der Waals surface area contributed by atoms with Crippen molar-refractivity contribution in [2.45, 2.75) is 0 Å². The number of para-hydroxylation sites is 1. The van der Waals surface area contributed by atoms with Gasteiger partial charge in [-0.25, -0.2) is 4.39 Å². The molecule has 5 nitrogen and oxygen atoms in total. The van der Waals surface area contributed by atoms with E-state index in [4.69, 9.17) is 16.2 Å². The Morgan fingerprint density at radius 3 is 2.62 bits per heavy atom. The van der Waals surface area contributed by atoms with Crippen molar-refractivity contribution in [2.75, 3.05) is 24.2 Å². The average molecular weight is 289 g/mol. The Morgan fingerprint density at radius 1 is 1.24 bits per heavy atom. The molecule has 0 spiro atoms. The third kappa shape index (κ3) is 3.85. The van der Waals surface area contributed by atoms with Gasteiger partial charge in [0, 0.05) is 12.2 Å². The van der Waals surface area contributed by atoms with Gasteiger partial charge < -0.3 is 21.5 Å². The Kier molecular flexibility index (Phi) is 4.61. The summed E-state index contributed by atoms with van der Waals surface area (Å²) >= 11 is 0. The Balaban J connectivity index is 1.94. The normalized spacial score (nSPS) is 10.1. The van der Waals surface area contributed by atoms with Crippen LogP contribution in [0.25, 0.3) is 0 Å². The molecule has 2 aromatic carbocycles. The molecule has 0 heterocycles. The molecule has 5 N–H and O–H groups in total. The average Bonchev–Trinajstić information content (AvgIpc) is 2.46. The Morgan fingerprint density at radius 2 is 1.95 bits per heavy atom. The molecule has 0 radical (unpaired) electrons. The zero-order chi connectivity index (χ0) is 15.2. The minimum Gasteiger partial charge on any atom is -0.492 e. The quantitative estimate of drug-likeness (QED) is 0.560. The SMILES string of the molecule is NC(=O)c1cc(NCCOc2ccccc2)c(F)cc1N. The van der Waals surface area contributed by atoms with E-state index in [1.54, 1.807) is 0 Å². The van der Waals surface area contributed by atoms with Crippen LogP contribution in [0.1, 0.15) is 10.4 Å².